The zero-order valence-electron chi connectivity index (χ0n) is 12.3. The number of halogens is 1. The van der Waals surface area contributed by atoms with Gasteiger partial charge in [-0.15, -0.1) is 0 Å². The van der Waals surface area contributed by atoms with Gasteiger partial charge in [0.2, 0.25) is 0 Å². The van der Waals surface area contributed by atoms with E-state index in [9.17, 15) is 9.59 Å². The van der Waals surface area contributed by atoms with E-state index in [1.54, 1.807) is 6.92 Å². The number of benzene rings is 1. The summed E-state index contributed by atoms with van der Waals surface area (Å²) in [7, 11) is 0. The second kappa shape index (κ2) is 6.39. The lowest BCUT2D eigenvalue weighted by Crippen LogP contribution is -2.21. The minimum Gasteiger partial charge on any atom is -0.463 e. The van der Waals surface area contributed by atoms with Crippen molar-refractivity contribution in [2.24, 2.45) is 5.92 Å². The topological polar surface area (TPSA) is 43.4 Å². The highest BCUT2D eigenvalue weighted by Gasteiger charge is 2.35. The van der Waals surface area contributed by atoms with Gasteiger partial charge in [-0.05, 0) is 49.6 Å². The average molecular weight is 349 g/mol. The van der Waals surface area contributed by atoms with Crippen LogP contribution in [0.25, 0.3) is 5.57 Å². The van der Waals surface area contributed by atoms with Crippen molar-refractivity contribution in [2.45, 2.75) is 20.8 Å². The molecule has 110 valence electrons. The summed E-state index contributed by atoms with van der Waals surface area (Å²) >= 11 is 3.39. The van der Waals surface area contributed by atoms with Crippen LogP contribution < -0.4 is 0 Å². The number of hydrogen-bond acceptors (Lipinski definition) is 3. The van der Waals surface area contributed by atoms with E-state index < -0.39 is 11.9 Å². The van der Waals surface area contributed by atoms with E-state index in [4.69, 9.17) is 4.74 Å². The number of hydrogen-bond donors (Lipinski definition) is 0. The molecule has 0 N–H and O–H groups in total. The van der Waals surface area contributed by atoms with E-state index in [2.05, 4.69) is 15.9 Å². The first-order valence-electron chi connectivity index (χ1n) is 6.81. The molecule has 0 unspecified atom stereocenters. The van der Waals surface area contributed by atoms with Gasteiger partial charge in [0.05, 0.1) is 18.1 Å². The van der Waals surface area contributed by atoms with Gasteiger partial charge in [0, 0.05) is 4.47 Å². The molecule has 1 aromatic rings. The van der Waals surface area contributed by atoms with Crippen LogP contribution in [0.5, 0.6) is 0 Å². The Morgan fingerprint density at radius 1 is 1.24 bits per heavy atom. The zero-order valence-corrected chi connectivity index (χ0v) is 13.9. The highest BCUT2D eigenvalue weighted by molar-refractivity contribution is 9.10. The molecule has 0 bridgehead atoms. The van der Waals surface area contributed by atoms with E-state index in [-0.39, 0.29) is 5.78 Å². The number of ether oxygens (including phenoxy) is 1. The van der Waals surface area contributed by atoms with Gasteiger partial charge in [0.1, 0.15) is 5.78 Å². The number of rotatable bonds is 4. The number of carbonyl (C=O) groups is 2. The first-order valence-corrected chi connectivity index (χ1v) is 7.60. The van der Waals surface area contributed by atoms with Crippen molar-refractivity contribution in [3.8, 4) is 0 Å². The third kappa shape index (κ3) is 3.16. The fourth-order valence-corrected chi connectivity index (χ4v) is 2.84. The van der Waals surface area contributed by atoms with Crippen LogP contribution >= 0.6 is 15.9 Å². The maximum absolute atomic E-state index is 12.1. The monoisotopic (exact) mass is 348 g/mol. The molecule has 0 aromatic heterocycles. The Hall–Kier alpha value is -1.68. The number of Topliss-reactive ketones (excluding diaryl/α,β-unsaturated/α-hetero) is 1. The van der Waals surface area contributed by atoms with Crippen molar-refractivity contribution in [2.75, 3.05) is 6.61 Å². The summed E-state index contributed by atoms with van der Waals surface area (Å²) in [6.07, 6.45) is 1.90. The largest absolute Gasteiger partial charge is 0.463 e. The summed E-state index contributed by atoms with van der Waals surface area (Å²) < 4.78 is 6.06. The molecule has 0 aliphatic heterocycles. The van der Waals surface area contributed by atoms with Gasteiger partial charge >= 0.3 is 5.97 Å². The molecule has 1 atom stereocenters. The van der Waals surface area contributed by atoms with E-state index in [0.717, 1.165) is 21.2 Å². The van der Waals surface area contributed by atoms with Gasteiger partial charge in [-0.2, -0.15) is 0 Å². The van der Waals surface area contributed by atoms with E-state index in [0.29, 0.717) is 12.2 Å². The number of ketones is 1. The first-order chi connectivity index (χ1) is 9.95. The minimum atomic E-state index is -0.537. The lowest BCUT2D eigenvalue weighted by molar-refractivity contribution is -0.139. The van der Waals surface area contributed by atoms with Crippen LogP contribution in [-0.4, -0.2) is 18.4 Å². The molecule has 1 aliphatic carbocycles. The van der Waals surface area contributed by atoms with Crippen LogP contribution in [-0.2, 0) is 14.3 Å². The van der Waals surface area contributed by atoms with Gasteiger partial charge in [-0.25, -0.2) is 4.79 Å². The molecular formula is C17H17BrO3. The standard InChI is InChI=1S/C17H17BrO3/c1-4-21-17(20)15-10(2)9-14(16(15)11(3)19)12-5-7-13(18)8-6-12/h5-9,16H,4H2,1-3H3/t16-/m0/s1. The van der Waals surface area contributed by atoms with E-state index in [1.807, 2.05) is 37.3 Å². The van der Waals surface area contributed by atoms with Crippen LogP contribution in [0.2, 0.25) is 0 Å². The molecule has 4 heteroatoms. The lowest BCUT2D eigenvalue weighted by Gasteiger charge is -2.16. The number of esters is 1. The highest BCUT2D eigenvalue weighted by Crippen LogP contribution is 2.39. The van der Waals surface area contributed by atoms with Crippen LogP contribution in [0.3, 0.4) is 0 Å². The molecule has 1 aliphatic rings. The van der Waals surface area contributed by atoms with Crippen molar-refractivity contribution >= 4 is 33.3 Å². The summed E-state index contributed by atoms with van der Waals surface area (Å²) in [6, 6.07) is 7.72. The highest BCUT2D eigenvalue weighted by atomic mass is 79.9. The molecule has 3 nitrogen and oxygen atoms in total. The Morgan fingerprint density at radius 3 is 2.38 bits per heavy atom. The Bertz CT molecular complexity index is 639. The fourth-order valence-electron chi connectivity index (χ4n) is 2.58. The second-order valence-corrected chi connectivity index (χ2v) is 5.88. The van der Waals surface area contributed by atoms with Gasteiger partial charge in [-0.3, -0.25) is 4.79 Å². The molecule has 0 fully saturated rings. The molecule has 1 aromatic carbocycles. The predicted molar refractivity (Wildman–Crippen MR) is 85.6 cm³/mol. The Kier molecular flexibility index (Phi) is 4.78. The van der Waals surface area contributed by atoms with Gasteiger partial charge in [0.15, 0.2) is 0 Å². The van der Waals surface area contributed by atoms with Crippen LogP contribution in [0.15, 0.2) is 46.0 Å². The van der Waals surface area contributed by atoms with Crippen molar-refractivity contribution in [1.82, 2.24) is 0 Å². The summed E-state index contributed by atoms with van der Waals surface area (Å²) in [4.78, 5) is 24.2. The molecule has 0 radical (unpaired) electrons. The molecule has 2 rings (SSSR count). The van der Waals surface area contributed by atoms with Crippen LogP contribution in [0.1, 0.15) is 26.3 Å². The first kappa shape index (κ1) is 15.7. The Morgan fingerprint density at radius 2 is 1.86 bits per heavy atom. The summed E-state index contributed by atoms with van der Waals surface area (Å²) in [6.45, 7) is 5.41. The molecule has 0 heterocycles. The van der Waals surface area contributed by atoms with Crippen molar-refractivity contribution in [3.63, 3.8) is 0 Å². The molecular weight excluding hydrogens is 332 g/mol. The Labute approximate surface area is 132 Å². The Balaban J connectivity index is 2.42. The van der Waals surface area contributed by atoms with Gasteiger partial charge < -0.3 is 4.74 Å². The third-order valence-corrected chi connectivity index (χ3v) is 4.00. The summed E-state index contributed by atoms with van der Waals surface area (Å²) in [5, 5.41) is 0. The van der Waals surface area contributed by atoms with Crippen molar-refractivity contribution < 1.29 is 14.3 Å². The fraction of sp³-hybridized carbons (Fsp3) is 0.294. The molecule has 0 saturated heterocycles. The average Bonchev–Trinajstić information content (AvgIpc) is 2.77. The second-order valence-electron chi connectivity index (χ2n) is 4.97. The molecule has 21 heavy (non-hydrogen) atoms. The minimum absolute atomic E-state index is 0.0518. The number of allylic oxidation sites excluding steroid dienone is 3. The van der Waals surface area contributed by atoms with E-state index in [1.165, 1.54) is 6.92 Å². The maximum atomic E-state index is 12.1. The normalized spacial score (nSPS) is 17.7. The molecule has 0 spiro atoms. The zero-order chi connectivity index (χ0) is 15.6. The third-order valence-electron chi connectivity index (χ3n) is 3.48. The van der Waals surface area contributed by atoms with Crippen LogP contribution in [0.4, 0.5) is 0 Å². The lowest BCUT2D eigenvalue weighted by atomic mass is 9.87. The van der Waals surface area contributed by atoms with Gasteiger partial charge in [-0.1, -0.05) is 34.1 Å². The van der Waals surface area contributed by atoms with Gasteiger partial charge in [0.25, 0.3) is 0 Å². The summed E-state index contributed by atoms with van der Waals surface area (Å²) in [5.74, 6) is -0.993. The van der Waals surface area contributed by atoms with Crippen molar-refractivity contribution in [3.05, 3.63) is 51.5 Å². The number of carbonyl (C=O) groups excluding carboxylic acids is 2. The van der Waals surface area contributed by atoms with E-state index >= 15 is 0 Å². The summed E-state index contributed by atoms with van der Waals surface area (Å²) in [5.41, 5.74) is 3.06. The smallest absolute Gasteiger partial charge is 0.335 e. The van der Waals surface area contributed by atoms with Crippen molar-refractivity contribution in [1.29, 1.82) is 0 Å². The predicted octanol–water partition coefficient (Wildman–Crippen LogP) is 3.93. The maximum Gasteiger partial charge on any atom is 0.335 e. The SMILES string of the molecule is CCOC(=O)C1=C(C)C=C(c2ccc(Br)cc2)[C@@H]1C(C)=O. The quantitative estimate of drug-likeness (QED) is 0.774. The molecule has 0 saturated carbocycles. The molecule has 0 amide bonds. The van der Waals surface area contributed by atoms with Crippen LogP contribution in [0, 0.1) is 5.92 Å².